The van der Waals surface area contributed by atoms with Crippen LogP contribution in [-0.4, -0.2) is 27.7 Å². The predicted octanol–water partition coefficient (Wildman–Crippen LogP) is 0.993. The van der Waals surface area contributed by atoms with Crippen molar-refractivity contribution in [3.63, 3.8) is 0 Å². The fourth-order valence-corrected chi connectivity index (χ4v) is 3.93. The highest BCUT2D eigenvalue weighted by Gasteiger charge is 2.26. The lowest BCUT2D eigenvalue weighted by molar-refractivity contribution is 0.107. The summed E-state index contributed by atoms with van der Waals surface area (Å²) in [6.45, 7) is 4.72. The fraction of sp³-hybridized carbons (Fsp3) is 0.571. The molecule has 1 fully saturated rings. The minimum Gasteiger partial charge on any atom is -0.378 e. The molecule has 6 heteroatoms. The molecule has 2 N–H and O–H groups in total. The van der Waals surface area contributed by atoms with E-state index < -0.39 is 10.0 Å². The van der Waals surface area contributed by atoms with E-state index in [1.165, 1.54) is 5.56 Å². The van der Waals surface area contributed by atoms with Gasteiger partial charge in [-0.2, -0.15) is 0 Å². The van der Waals surface area contributed by atoms with Gasteiger partial charge in [-0.1, -0.05) is 6.07 Å². The number of nitrogens with one attached hydrogen (secondary N) is 2. The van der Waals surface area contributed by atoms with E-state index in [1.54, 1.807) is 12.1 Å². The molecule has 2 atom stereocenters. The molecule has 20 heavy (non-hydrogen) atoms. The molecule has 0 spiro atoms. The van der Waals surface area contributed by atoms with Crippen molar-refractivity contribution in [1.29, 1.82) is 0 Å². The molecule has 0 saturated carbocycles. The molecular formula is C14H20N2O3S. The summed E-state index contributed by atoms with van der Waals surface area (Å²) in [6.07, 6.45) is 1.04. The minimum absolute atomic E-state index is 0.127. The SMILES string of the molecule is CC1OCCC1CNS(=O)(=O)c1ccc2c(c1)CNC2. The zero-order chi connectivity index (χ0) is 14.2. The van der Waals surface area contributed by atoms with Crippen molar-refractivity contribution in [3.8, 4) is 0 Å². The second-order valence-corrected chi connectivity index (χ2v) is 7.28. The molecule has 2 aliphatic heterocycles. The van der Waals surface area contributed by atoms with E-state index in [0.717, 1.165) is 31.7 Å². The van der Waals surface area contributed by atoms with Gasteiger partial charge < -0.3 is 10.1 Å². The summed E-state index contributed by atoms with van der Waals surface area (Å²) < 4.78 is 32.8. The maximum Gasteiger partial charge on any atom is 0.240 e. The lowest BCUT2D eigenvalue weighted by atomic mass is 10.0. The zero-order valence-electron chi connectivity index (χ0n) is 11.6. The van der Waals surface area contributed by atoms with E-state index in [2.05, 4.69) is 10.0 Å². The molecule has 2 unspecified atom stereocenters. The highest BCUT2D eigenvalue weighted by atomic mass is 32.2. The average Bonchev–Trinajstić information content (AvgIpc) is 3.04. The van der Waals surface area contributed by atoms with Crippen LogP contribution < -0.4 is 10.0 Å². The van der Waals surface area contributed by atoms with Gasteiger partial charge in [0.05, 0.1) is 11.0 Å². The Kier molecular flexibility index (Phi) is 3.81. The molecule has 0 bridgehead atoms. The van der Waals surface area contributed by atoms with Crippen molar-refractivity contribution in [2.45, 2.75) is 37.4 Å². The number of rotatable bonds is 4. The zero-order valence-corrected chi connectivity index (χ0v) is 12.4. The number of hydrogen-bond acceptors (Lipinski definition) is 4. The lowest BCUT2D eigenvalue weighted by Crippen LogP contribution is -2.32. The van der Waals surface area contributed by atoms with Gasteiger partial charge in [-0.25, -0.2) is 13.1 Å². The summed E-state index contributed by atoms with van der Waals surface area (Å²) in [6, 6.07) is 5.35. The van der Waals surface area contributed by atoms with Crippen LogP contribution in [0.15, 0.2) is 23.1 Å². The fourth-order valence-electron chi connectivity index (χ4n) is 2.78. The number of fused-ring (bicyclic) bond motifs is 1. The summed E-state index contributed by atoms with van der Waals surface area (Å²) in [4.78, 5) is 0.353. The topological polar surface area (TPSA) is 67.4 Å². The monoisotopic (exact) mass is 296 g/mol. The number of sulfonamides is 1. The predicted molar refractivity (Wildman–Crippen MR) is 75.7 cm³/mol. The van der Waals surface area contributed by atoms with E-state index in [-0.39, 0.29) is 12.0 Å². The molecule has 110 valence electrons. The van der Waals surface area contributed by atoms with Crippen molar-refractivity contribution in [2.24, 2.45) is 5.92 Å². The molecule has 1 aromatic carbocycles. The Morgan fingerprint density at radius 3 is 2.90 bits per heavy atom. The van der Waals surface area contributed by atoms with E-state index >= 15 is 0 Å². The summed E-state index contributed by atoms with van der Waals surface area (Å²) in [5, 5.41) is 3.22. The van der Waals surface area contributed by atoms with Crippen molar-refractivity contribution in [1.82, 2.24) is 10.0 Å². The quantitative estimate of drug-likeness (QED) is 0.869. The van der Waals surface area contributed by atoms with Gasteiger partial charge in [-0.3, -0.25) is 0 Å². The standard InChI is InChI=1S/C14H20N2O3S/c1-10-11(4-5-19-10)9-16-20(17,18)14-3-2-12-7-15-8-13(12)6-14/h2-3,6,10-11,15-16H,4-5,7-9H2,1H3. The van der Waals surface area contributed by atoms with Gasteiger partial charge in [0.15, 0.2) is 0 Å². The third kappa shape index (κ3) is 2.74. The largest absolute Gasteiger partial charge is 0.378 e. The summed E-state index contributed by atoms with van der Waals surface area (Å²) >= 11 is 0. The molecule has 2 heterocycles. The number of hydrogen-bond donors (Lipinski definition) is 2. The van der Waals surface area contributed by atoms with Crippen molar-refractivity contribution in [3.05, 3.63) is 29.3 Å². The van der Waals surface area contributed by atoms with Crippen molar-refractivity contribution < 1.29 is 13.2 Å². The Labute approximate surface area is 119 Å². The second kappa shape index (κ2) is 5.44. The smallest absolute Gasteiger partial charge is 0.240 e. The van der Waals surface area contributed by atoms with Gasteiger partial charge in [0.2, 0.25) is 10.0 Å². The van der Waals surface area contributed by atoms with Crippen LogP contribution in [0.1, 0.15) is 24.5 Å². The first kappa shape index (κ1) is 14.0. The molecule has 1 saturated heterocycles. The Morgan fingerprint density at radius 2 is 2.15 bits per heavy atom. The minimum atomic E-state index is -3.43. The van der Waals surface area contributed by atoms with E-state index in [1.807, 2.05) is 13.0 Å². The van der Waals surface area contributed by atoms with E-state index in [0.29, 0.717) is 11.4 Å². The maximum atomic E-state index is 12.3. The van der Waals surface area contributed by atoms with Gasteiger partial charge in [0.25, 0.3) is 0 Å². The molecule has 0 amide bonds. The normalized spacial score (nSPS) is 25.9. The van der Waals surface area contributed by atoms with Crippen LogP contribution in [0.4, 0.5) is 0 Å². The Morgan fingerprint density at radius 1 is 1.35 bits per heavy atom. The third-order valence-corrected chi connectivity index (χ3v) is 5.61. The molecule has 0 aliphatic carbocycles. The first-order valence-electron chi connectivity index (χ1n) is 7.00. The van der Waals surface area contributed by atoms with Crippen molar-refractivity contribution >= 4 is 10.0 Å². The van der Waals surface area contributed by atoms with Crippen LogP contribution in [0.3, 0.4) is 0 Å². The summed E-state index contributed by atoms with van der Waals surface area (Å²) in [5.74, 6) is 0.265. The van der Waals surface area contributed by atoms with Crippen LogP contribution in [0.2, 0.25) is 0 Å². The first-order chi connectivity index (χ1) is 9.56. The average molecular weight is 296 g/mol. The lowest BCUT2D eigenvalue weighted by Gasteiger charge is -2.15. The van der Waals surface area contributed by atoms with Crippen LogP contribution in [0.25, 0.3) is 0 Å². The Bertz CT molecular complexity index is 600. The van der Waals surface area contributed by atoms with Gasteiger partial charge >= 0.3 is 0 Å². The van der Waals surface area contributed by atoms with Crippen LogP contribution in [-0.2, 0) is 27.8 Å². The number of ether oxygens (including phenoxy) is 1. The highest BCUT2D eigenvalue weighted by molar-refractivity contribution is 7.89. The third-order valence-electron chi connectivity index (χ3n) is 4.19. The van der Waals surface area contributed by atoms with Crippen LogP contribution >= 0.6 is 0 Å². The number of benzene rings is 1. The van der Waals surface area contributed by atoms with Gasteiger partial charge in [-0.15, -0.1) is 0 Å². The molecule has 0 radical (unpaired) electrons. The molecule has 1 aromatic rings. The second-order valence-electron chi connectivity index (χ2n) is 5.51. The Hall–Kier alpha value is -0.950. The van der Waals surface area contributed by atoms with E-state index in [9.17, 15) is 8.42 Å². The summed E-state index contributed by atoms with van der Waals surface area (Å²) in [7, 11) is -3.43. The van der Waals surface area contributed by atoms with Gasteiger partial charge in [0.1, 0.15) is 0 Å². The molecule has 0 aromatic heterocycles. The molecule has 3 rings (SSSR count). The molecule has 5 nitrogen and oxygen atoms in total. The van der Waals surface area contributed by atoms with Crippen LogP contribution in [0.5, 0.6) is 0 Å². The van der Waals surface area contributed by atoms with E-state index in [4.69, 9.17) is 4.74 Å². The summed E-state index contributed by atoms with van der Waals surface area (Å²) in [5.41, 5.74) is 2.26. The van der Waals surface area contributed by atoms with Crippen molar-refractivity contribution in [2.75, 3.05) is 13.2 Å². The first-order valence-corrected chi connectivity index (χ1v) is 8.48. The van der Waals surface area contributed by atoms with Crippen LogP contribution in [0, 0.1) is 5.92 Å². The maximum absolute atomic E-state index is 12.3. The Balaban J connectivity index is 1.71. The molecule has 2 aliphatic rings. The highest BCUT2D eigenvalue weighted by Crippen LogP contribution is 2.22. The molecular weight excluding hydrogens is 276 g/mol. The van der Waals surface area contributed by atoms with Gasteiger partial charge in [-0.05, 0) is 36.6 Å². The van der Waals surface area contributed by atoms with Gasteiger partial charge in [0, 0.05) is 32.2 Å².